The molecule has 0 radical (unpaired) electrons. The fraction of sp³-hybridized carbons (Fsp3) is 0.316. The number of esters is 1. The van der Waals surface area contributed by atoms with Crippen LogP contribution in [0.25, 0.3) is 10.2 Å². The van der Waals surface area contributed by atoms with E-state index in [9.17, 15) is 18.4 Å². The van der Waals surface area contributed by atoms with Crippen molar-refractivity contribution < 1.29 is 23.1 Å². The Balaban J connectivity index is 1.86. The molecule has 0 bridgehead atoms. The molecule has 9 heteroatoms. The number of hydrogen-bond donors (Lipinski definition) is 0. The van der Waals surface area contributed by atoms with Crippen molar-refractivity contribution in [1.82, 2.24) is 4.98 Å². The summed E-state index contributed by atoms with van der Waals surface area (Å²) in [4.78, 5) is 30.2. The first kappa shape index (κ1) is 20.3. The van der Waals surface area contributed by atoms with Gasteiger partial charge in [0.2, 0.25) is 5.91 Å². The van der Waals surface area contributed by atoms with Gasteiger partial charge in [-0.15, -0.1) is 22.7 Å². The van der Waals surface area contributed by atoms with Crippen LogP contribution in [-0.2, 0) is 20.9 Å². The van der Waals surface area contributed by atoms with Crippen molar-refractivity contribution in [2.45, 2.75) is 33.2 Å². The van der Waals surface area contributed by atoms with Crippen LogP contribution in [-0.4, -0.2) is 23.5 Å². The highest BCUT2D eigenvalue weighted by Crippen LogP contribution is 2.32. The first-order valence-electron chi connectivity index (χ1n) is 8.63. The van der Waals surface area contributed by atoms with Gasteiger partial charge >= 0.3 is 5.97 Å². The van der Waals surface area contributed by atoms with Crippen molar-refractivity contribution in [1.29, 1.82) is 0 Å². The van der Waals surface area contributed by atoms with Gasteiger partial charge in [-0.3, -0.25) is 14.5 Å². The van der Waals surface area contributed by atoms with Gasteiger partial charge in [-0.25, -0.2) is 13.8 Å². The second kappa shape index (κ2) is 8.74. The zero-order valence-corrected chi connectivity index (χ0v) is 17.0. The first-order chi connectivity index (χ1) is 13.4. The van der Waals surface area contributed by atoms with E-state index in [0.717, 1.165) is 28.0 Å². The number of thiazole rings is 1. The highest BCUT2D eigenvalue weighted by molar-refractivity contribution is 7.18. The van der Waals surface area contributed by atoms with Gasteiger partial charge in [-0.1, -0.05) is 0 Å². The van der Waals surface area contributed by atoms with Crippen molar-refractivity contribution >= 4 is 49.8 Å². The smallest absolute Gasteiger partial charge is 0.306 e. The minimum atomic E-state index is -0.696. The average molecular weight is 424 g/mol. The van der Waals surface area contributed by atoms with Gasteiger partial charge in [0.15, 0.2) is 0 Å². The number of halogens is 2. The largest absolute Gasteiger partial charge is 0.466 e. The van der Waals surface area contributed by atoms with E-state index in [4.69, 9.17) is 4.74 Å². The van der Waals surface area contributed by atoms with Crippen LogP contribution >= 0.6 is 22.7 Å². The molecule has 1 amide bonds. The van der Waals surface area contributed by atoms with E-state index in [1.165, 1.54) is 22.3 Å². The van der Waals surface area contributed by atoms with Gasteiger partial charge in [0.05, 0.1) is 29.8 Å². The zero-order chi connectivity index (χ0) is 20.3. The summed E-state index contributed by atoms with van der Waals surface area (Å²) in [6, 6.07) is 3.87. The number of benzene rings is 1. The highest BCUT2D eigenvalue weighted by atomic mass is 32.1. The number of aryl methyl sites for hydroxylation is 1. The predicted octanol–water partition coefficient (Wildman–Crippen LogP) is 4.82. The topological polar surface area (TPSA) is 59.5 Å². The number of amides is 1. The Morgan fingerprint density at radius 3 is 2.71 bits per heavy atom. The number of rotatable bonds is 7. The lowest BCUT2D eigenvalue weighted by Crippen LogP contribution is -2.30. The Hall–Kier alpha value is -2.39. The molecule has 0 aliphatic heterocycles. The van der Waals surface area contributed by atoms with Gasteiger partial charge in [0.1, 0.15) is 21.6 Å². The van der Waals surface area contributed by atoms with Crippen LogP contribution in [0.4, 0.5) is 13.8 Å². The van der Waals surface area contributed by atoms with E-state index in [1.54, 1.807) is 6.92 Å². The van der Waals surface area contributed by atoms with Crippen molar-refractivity contribution in [3.63, 3.8) is 0 Å². The number of carbonyl (C=O) groups excluding carboxylic acids is 2. The lowest BCUT2D eigenvalue weighted by atomic mass is 10.2. The molecule has 0 aliphatic rings. The minimum Gasteiger partial charge on any atom is -0.466 e. The average Bonchev–Trinajstić information content (AvgIpc) is 3.23. The molecule has 28 heavy (non-hydrogen) atoms. The Kier molecular flexibility index (Phi) is 6.35. The third kappa shape index (κ3) is 4.53. The molecule has 0 atom stereocenters. The summed E-state index contributed by atoms with van der Waals surface area (Å²) in [5.74, 6) is -2.06. The number of carbonyl (C=O) groups is 2. The number of nitrogens with zero attached hydrogens (tertiary/aromatic N) is 2. The standard InChI is InChI=1S/C19H18F2N2O3S2/c1-3-26-17(25)5-4-16(24)23(19-11(2)6-7-27-19)10-15-22-14-9-12(20)8-13(21)18(14)28-15/h6-9H,3-5,10H2,1-2H3. The van der Waals surface area contributed by atoms with Crippen LogP contribution in [0.5, 0.6) is 0 Å². The molecule has 148 valence electrons. The number of aromatic nitrogens is 1. The molecule has 2 heterocycles. The molecule has 0 aliphatic carbocycles. The molecular weight excluding hydrogens is 406 g/mol. The van der Waals surface area contributed by atoms with E-state index in [-0.39, 0.29) is 42.1 Å². The van der Waals surface area contributed by atoms with Gasteiger partial charge in [-0.2, -0.15) is 0 Å². The number of hydrogen-bond acceptors (Lipinski definition) is 6. The molecule has 0 fully saturated rings. The molecule has 0 N–H and O–H groups in total. The molecule has 2 aromatic heterocycles. The first-order valence-corrected chi connectivity index (χ1v) is 10.3. The van der Waals surface area contributed by atoms with Gasteiger partial charge in [0, 0.05) is 18.6 Å². The summed E-state index contributed by atoms with van der Waals surface area (Å²) >= 11 is 2.47. The summed E-state index contributed by atoms with van der Waals surface area (Å²) in [6.07, 6.45) is -0.0304. The van der Waals surface area contributed by atoms with Crippen LogP contribution < -0.4 is 4.90 Å². The summed E-state index contributed by atoms with van der Waals surface area (Å²) < 4.78 is 32.5. The second-order valence-corrected chi connectivity index (χ2v) is 8.02. The molecule has 0 saturated carbocycles. The Bertz CT molecular complexity index is 1020. The summed E-state index contributed by atoms with van der Waals surface area (Å²) in [5.41, 5.74) is 1.13. The van der Waals surface area contributed by atoms with E-state index in [0.29, 0.717) is 5.01 Å². The van der Waals surface area contributed by atoms with Gasteiger partial charge < -0.3 is 4.74 Å². The van der Waals surface area contributed by atoms with Crippen LogP contribution in [0.3, 0.4) is 0 Å². The van der Waals surface area contributed by atoms with Gasteiger partial charge in [0.25, 0.3) is 0 Å². The molecule has 0 saturated heterocycles. The third-order valence-electron chi connectivity index (χ3n) is 3.98. The molecule has 3 aromatic rings. The number of anilines is 1. The van der Waals surface area contributed by atoms with E-state index >= 15 is 0 Å². The van der Waals surface area contributed by atoms with Crippen molar-refractivity contribution in [3.05, 3.63) is 45.8 Å². The van der Waals surface area contributed by atoms with Crippen LogP contribution in [0.15, 0.2) is 23.6 Å². The zero-order valence-electron chi connectivity index (χ0n) is 15.3. The van der Waals surface area contributed by atoms with Crippen LogP contribution in [0.2, 0.25) is 0 Å². The number of fused-ring (bicyclic) bond motifs is 1. The lowest BCUT2D eigenvalue weighted by molar-refractivity contribution is -0.144. The SMILES string of the molecule is CCOC(=O)CCC(=O)N(Cc1nc2cc(F)cc(F)c2s1)c1sccc1C. The molecular formula is C19H18F2N2O3S2. The Morgan fingerprint density at radius 1 is 1.25 bits per heavy atom. The van der Waals surface area contributed by atoms with Crippen LogP contribution in [0.1, 0.15) is 30.3 Å². The third-order valence-corrected chi connectivity index (χ3v) is 6.08. The Labute approximate surface area is 168 Å². The second-order valence-electron chi connectivity index (χ2n) is 6.04. The quantitative estimate of drug-likeness (QED) is 0.510. The van der Waals surface area contributed by atoms with E-state index < -0.39 is 17.6 Å². The lowest BCUT2D eigenvalue weighted by Gasteiger charge is -2.21. The Morgan fingerprint density at radius 2 is 2.04 bits per heavy atom. The summed E-state index contributed by atoms with van der Waals surface area (Å²) in [7, 11) is 0. The fourth-order valence-electron chi connectivity index (χ4n) is 2.70. The predicted molar refractivity (Wildman–Crippen MR) is 106 cm³/mol. The molecule has 5 nitrogen and oxygen atoms in total. The monoisotopic (exact) mass is 424 g/mol. The van der Waals surface area contributed by atoms with E-state index in [2.05, 4.69) is 4.98 Å². The minimum absolute atomic E-state index is 0.00986. The molecule has 0 unspecified atom stereocenters. The van der Waals surface area contributed by atoms with Crippen molar-refractivity contribution in [2.75, 3.05) is 11.5 Å². The maximum atomic E-state index is 14.0. The maximum Gasteiger partial charge on any atom is 0.306 e. The van der Waals surface area contributed by atoms with E-state index in [1.807, 2.05) is 18.4 Å². The maximum absolute atomic E-state index is 14.0. The summed E-state index contributed by atoms with van der Waals surface area (Å²) in [5, 5.41) is 3.08. The summed E-state index contributed by atoms with van der Waals surface area (Å²) in [6.45, 7) is 3.96. The van der Waals surface area contributed by atoms with Crippen molar-refractivity contribution in [2.24, 2.45) is 0 Å². The molecule has 3 rings (SSSR count). The van der Waals surface area contributed by atoms with Crippen LogP contribution in [0, 0.1) is 18.6 Å². The molecule has 0 spiro atoms. The number of thiophene rings is 1. The fourth-order valence-corrected chi connectivity index (χ4v) is 4.59. The van der Waals surface area contributed by atoms with Gasteiger partial charge in [-0.05, 0) is 30.9 Å². The molecule has 1 aromatic carbocycles. The van der Waals surface area contributed by atoms with Crippen molar-refractivity contribution in [3.8, 4) is 0 Å². The highest BCUT2D eigenvalue weighted by Gasteiger charge is 2.22. The number of ether oxygens (including phenoxy) is 1. The normalized spacial score (nSPS) is 11.0.